The Kier molecular flexibility index (Phi) is 5.84. The van der Waals surface area contributed by atoms with Crippen LogP contribution in [0.3, 0.4) is 0 Å². The summed E-state index contributed by atoms with van der Waals surface area (Å²) < 4.78 is 20.6. The summed E-state index contributed by atoms with van der Waals surface area (Å²) >= 11 is 0. The standard InChI is InChI=1S/C16H19FN4O4/c1-21-7-11(8-25-2)14(20-21)9-3-10(5-12(17)4-9)15(22)19-6-13(18)16(23)24/h3-5,7,13H,6,8,18H2,1-2H3,(H,19,22)(H,23,24)/t13-/m1/s1. The lowest BCUT2D eigenvalue weighted by molar-refractivity contribution is -0.138. The van der Waals surface area contributed by atoms with Crippen molar-refractivity contribution < 1.29 is 23.8 Å². The summed E-state index contributed by atoms with van der Waals surface area (Å²) in [6.45, 7) is 0.0210. The molecule has 0 aliphatic carbocycles. The summed E-state index contributed by atoms with van der Waals surface area (Å²) in [5, 5.41) is 15.4. The number of ether oxygens (including phenoxy) is 1. The first-order valence-electron chi connectivity index (χ1n) is 7.40. The van der Waals surface area contributed by atoms with Crippen LogP contribution in [0.1, 0.15) is 15.9 Å². The van der Waals surface area contributed by atoms with Crippen LogP contribution in [0.15, 0.2) is 24.4 Å². The van der Waals surface area contributed by atoms with Gasteiger partial charge in [0, 0.05) is 43.6 Å². The number of nitrogens with two attached hydrogens (primary N) is 1. The van der Waals surface area contributed by atoms with Crippen LogP contribution in [0.5, 0.6) is 0 Å². The first kappa shape index (κ1) is 18.6. The predicted octanol–water partition coefficient (Wildman–Crippen LogP) is 0.514. The van der Waals surface area contributed by atoms with E-state index in [2.05, 4.69) is 10.4 Å². The minimum Gasteiger partial charge on any atom is -0.480 e. The van der Waals surface area contributed by atoms with Gasteiger partial charge in [0.15, 0.2) is 0 Å². The van der Waals surface area contributed by atoms with E-state index in [4.69, 9.17) is 15.6 Å². The fourth-order valence-electron chi connectivity index (χ4n) is 2.29. The highest BCUT2D eigenvalue weighted by molar-refractivity contribution is 5.95. The topological polar surface area (TPSA) is 119 Å². The van der Waals surface area contributed by atoms with Crippen LogP contribution in [0, 0.1) is 5.82 Å². The lowest BCUT2D eigenvalue weighted by Crippen LogP contribution is -2.42. The SMILES string of the molecule is COCc1cn(C)nc1-c1cc(F)cc(C(=O)NC[C@@H](N)C(=O)O)c1. The van der Waals surface area contributed by atoms with Crippen molar-refractivity contribution in [2.75, 3.05) is 13.7 Å². The van der Waals surface area contributed by atoms with E-state index in [1.54, 1.807) is 17.9 Å². The van der Waals surface area contributed by atoms with Crippen LogP contribution < -0.4 is 11.1 Å². The van der Waals surface area contributed by atoms with E-state index in [9.17, 15) is 14.0 Å². The Morgan fingerprint density at radius 2 is 2.16 bits per heavy atom. The highest BCUT2D eigenvalue weighted by Crippen LogP contribution is 2.24. The first-order chi connectivity index (χ1) is 11.8. The molecule has 0 fully saturated rings. The van der Waals surface area contributed by atoms with E-state index in [-0.39, 0.29) is 18.7 Å². The number of aryl methyl sites for hydroxylation is 1. The van der Waals surface area contributed by atoms with Gasteiger partial charge in [0.25, 0.3) is 5.91 Å². The normalized spacial score (nSPS) is 12.0. The van der Waals surface area contributed by atoms with Gasteiger partial charge in [-0.25, -0.2) is 4.39 Å². The number of aliphatic carboxylic acids is 1. The Bertz CT molecular complexity index is 790. The monoisotopic (exact) mass is 350 g/mol. The van der Waals surface area contributed by atoms with Crippen molar-refractivity contribution in [3.8, 4) is 11.3 Å². The molecular weight excluding hydrogens is 331 g/mol. The van der Waals surface area contributed by atoms with Gasteiger partial charge in [0.1, 0.15) is 11.9 Å². The molecule has 2 rings (SSSR count). The Morgan fingerprint density at radius 1 is 1.44 bits per heavy atom. The number of rotatable bonds is 7. The summed E-state index contributed by atoms with van der Waals surface area (Å²) in [4.78, 5) is 22.8. The molecule has 0 saturated heterocycles. The van der Waals surface area contributed by atoms with E-state index in [0.717, 1.165) is 11.6 Å². The summed E-state index contributed by atoms with van der Waals surface area (Å²) in [6, 6.07) is 2.57. The lowest BCUT2D eigenvalue weighted by Gasteiger charge is -2.10. The van der Waals surface area contributed by atoms with Crippen molar-refractivity contribution in [3.05, 3.63) is 41.3 Å². The van der Waals surface area contributed by atoms with E-state index in [1.165, 1.54) is 19.2 Å². The molecule has 9 heteroatoms. The number of aromatic nitrogens is 2. The number of amides is 1. The molecule has 0 radical (unpaired) electrons. The number of nitrogens with one attached hydrogen (secondary N) is 1. The predicted molar refractivity (Wildman–Crippen MR) is 87.3 cm³/mol. The molecule has 1 amide bonds. The largest absolute Gasteiger partial charge is 0.480 e. The Labute approximate surface area is 143 Å². The molecule has 0 aliphatic rings. The number of methoxy groups -OCH3 is 1. The molecule has 0 unspecified atom stereocenters. The van der Waals surface area contributed by atoms with Crippen molar-refractivity contribution >= 4 is 11.9 Å². The number of carboxylic acid groups (broad SMARTS) is 1. The second-order valence-electron chi connectivity index (χ2n) is 5.49. The van der Waals surface area contributed by atoms with E-state index in [1.807, 2.05) is 0 Å². The van der Waals surface area contributed by atoms with Gasteiger partial charge >= 0.3 is 5.97 Å². The van der Waals surface area contributed by atoms with Crippen LogP contribution in [0.2, 0.25) is 0 Å². The average molecular weight is 350 g/mol. The molecule has 0 bridgehead atoms. The van der Waals surface area contributed by atoms with Gasteiger partial charge in [0.2, 0.25) is 0 Å². The number of benzene rings is 1. The molecule has 2 aromatic rings. The lowest BCUT2D eigenvalue weighted by atomic mass is 10.0. The van der Waals surface area contributed by atoms with Crippen LogP contribution in [-0.2, 0) is 23.2 Å². The third-order valence-electron chi connectivity index (χ3n) is 3.44. The highest BCUT2D eigenvalue weighted by Gasteiger charge is 2.17. The summed E-state index contributed by atoms with van der Waals surface area (Å²) in [6.07, 6.45) is 1.75. The minimum absolute atomic E-state index is 0.0432. The van der Waals surface area contributed by atoms with Gasteiger partial charge < -0.3 is 20.9 Å². The summed E-state index contributed by atoms with van der Waals surface area (Å²) in [5.41, 5.74) is 7.04. The van der Waals surface area contributed by atoms with Crippen molar-refractivity contribution in [2.24, 2.45) is 12.8 Å². The molecule has 1 aromatic heterocycles. The number of nitrogens with zero attached hydrogens (tertiary/aromatic N) is 2. The first-order valence-corrected chi connectivity index (χ1v) is 7.40. The zero-order chi connectivity index (χ0) is 18.6. The molecule has 0 spiro atoms. The van der Waals surface area contributed by atoms with E-state index in [0.29, 0.717) is 11.3 Å². The molecular formula is C16H19FN4O4. The number of carbonyl (C=O) groups is 2. The second-order valence-corrected chi connectivity index (χ2v) is 5.49. The minimum atomic E-state index is -1.24. The van der Waals surface area contributed by atoms with Crippen LogP contribution >= 0.6 is 0 Å². The Hall–Kier alpha value is -2.78. The van der Waals surface area contributed by atoms with Crippen molar-refractivity contribution in [1.82, 2.24) is 15.1 Å². The van der Waals surface area contributed by atoms with Gasteiger partial charge in [-0.1, -0.05) is 0 Å². The highest BCUT2D eigenvalue weighted by atomic mass is 19.1. The van der Waals surface area contributed by atoms with Crippen LogP contribution in [-0.4, -0.2) is 46.5 Å². The Morgan fingerprint density at radius 3 is 2.80 bits per heavy atom. The molecule has 0 aliphatic heterocycles. The number of carbonyl (C=O) groups excluding carboxylic acids is 1. The number of hydrogen-bond acceptors (Lipinski definition) is 5. The van der Waals surface area contributed by atoms with Crippen molar-refractivity contribution in [3.63, 3.8) is 0 Å². The maximum atomic E-state index is 14.0. The molecule has 1 aromatic carbocycles. The molecule has 25 heavy (non-hydrogen) atoms. The van der Waals surface area contributed by atoms with E-state index >= 15 is 0 Å². The number of halogens is 1. The number of carboxylic acids is 1. The third kappa shape index (κ3) is 4.61. The van der Waals surface area contributed by atoms with Gasteiger partial charge in [-0.3, -0.25) is 14.3 Å². The quantitative estimate of drug-likeness (QED) is 0.669. The fraction of sp³-hybridized carbons (Fsp3) is 0.312. The third-order valence-corrected chi connectivity index (χ3v) is 3.44. The van der Waals surface area contributed by atoms with Gasteiger partial charge in [0.05, 0.1) is 12.3 Å². The maximum Gasteiger partial charge on any atom is 0.322 e. The summed E-state index contributed by atoms with van der Waals surface area (Å²) in [5.74, 6) is -2.47. The van der Waals surface area contributed by atoms with Crippen LogP contribution in [0.25, 0.3) is 11.3 Å². The van der Waals surface area contributed by atoms with E-state index < -0.39 is 23.7 Å². The Balaban J connectivity index is 2.28. The fourth-order valence-corrected chi connectivity index (χ4v) is 2.29. The maximum absolute atomic E-state index is 14.0. The van der Waals surface area contributed by atoms with Gasteiger partial charge in [-0.15, -0.1) is 0 Å². The van der Waals surface area contributed by atoms with Crippen molar-refractivity contribution in [1.29, 1.82) is 0 Å². The van der Waals surface area contributed by atoms with Crippen molar-refractivity contribution in [2.45, 2.75) is 12.6 Å². The molecule has 1 heterocycles. The molecule has 4 N–H and O–H groups in total. The summed E-state index contributed by atoms with van der Waals surface area (Å²) in [7, 11) is 3.26. The molecule has 8 nitrogen and oxygen atoms in total. The van der Waals surface area contributed by atoms with Gasteiger partial charge in [-0.05, 0) is 18.2 Å². The average Bonchev–Trinajstić information content (AvgIpc) is 2.92. The number of hydrogen-bond donors (Lipinski definition) is 3. The molecule has 134 valence electrons. The second kappa shape index (κ2) is 7.86. The zero-order valence-corrected chi connectivity index (χ0v) is 13.8. The van der Waals surface area contributed by atoms with Gasteiger partial charge in [-0.2, -0.15) is 5.10 Å². The molecule has 1 atom stereocenters. The van der Waals surface area contributed by atoms with Crippen LogP contribution in [0.4, 0.5) is 4.39 Å². The zero-order valence-electron chi connectivity index (χ0n) is 13.8. The molecule has 0 saturated carbocycles. The smallest absolute Gasteiger partial charge is 0.322 e.